The zero-order valence-corrected chi connectivity index (χ0v) is 11.2. The van der Waals surface area contributed by atoms with Gasteiger partial charge in [-0.05, 0) is 30.9 Å². The zero-order valence-electron chi connectivity index (χ0n) is 10.5. The van der Waals surface area contributed by atoms with Crippen LogP contribution in [0.2, 0.25) is 5.15 Å². The molecule has 1 aliphatic rings. The van der Waals surface area contributed by atoms with Crippen molar-refractivity contribution in [1.29, 1.82) is 0 Å². The van der Waals surface area contributed by atoms with Crippen molar-refractivity contribution in [3.05, 3.63) is 28.5 Å². The van der Waals surface area contributed by atoms with E-state index in [4.69, 9.17) is 11.6 Å². The van der Waals surface area contributed by atoms with Crippen LogP contribution in [0.25, 0.3) is 0 Å². The van der Waals surface area contributed by atoms with Gasteiger partial charge in [0.15, 0.2) is 0 Å². The Morgan fingerprint density at radius 3 is 2.71 bits per heavy atom. The first kappa shape index (κ1) is 12.4. The van der Waals surface area contributed by atoms with Gasteiger partial charge in [-0.3, -0.25) is 4.79 Å². The van der Waals surface area contributed by atoms with Crippen LogP contribution in [-0.4, -0.2) is 28.9 Å². The summed E-state index contributed by atoms with van der Waals surface area (Å²) in [6, 6.07) is 3.43. The summed E-state index contributed by atoms with van der Waals surface area (Å²) in [5.74, 6) is 0.0583. The predicted molar refractivity (Wildman–Crippen MR) is 68.3 cm³/mol. The first-order valence-electron chi connectivity index (χ1n) is 5.81. The molecule has 92 valence electrons. The lowest BCUT2D eigenvalue weighted by atomic mass is 9.93. The number of nitrogens with zero attached hydrogens (tertiary/aromatic N) is 2. The van der Waals surface area contributed by atoms with Gasteiger partial charge in [0, 0.05) is 24.3 Å². The summed E-state index contributed by atoms with van der Waals surface area (Å²) in [4.78, 5) is 18.2. The molecule has 17 heavy (non-hydrogen) atoms. The average molecular weight is 253 g/mol. The molecular formula is C13H17ClN2O. The third kappa shape index (κ3) is 2.78. The number of halogens is 1. The van der Waals surface area contributed by atoms with Crippen LogP contribution in [0.1, 0.15) is 36.3 Å². The molecule has 0 saturated carbocycles. The Balaban J connectivity index is 2.20. The fraction of sp³-hybridized carbons (Fsp3) is 0.538. The highest BCUT2D eigenvalue weighted by Gasteiger charge is 2.32. The van der Waals surface area contributed by atoms with E-state index < -0.39 is 0 Å². The molecule has 2 rings (SSSR count). The van der Waals surface area contributed by atoms with Gasteiger partial charge in [-0.2, -0.15) is 0 Å². The second-order valence-corrected chi connectivity index (χ2v) is 5.85. The van der Waals surface area contributed by atoms with E-state index in [0.29, 0.717) is 10.7 Å². The normalized spacial score (nSPS) is 18.5. The van der Waals surface area contributed by atoms with E-state index in [9.17, 15) is 4.79 Å². The summed E-state index contributed by atoms with van der Waals surface area (Å²) in [5, 5.41) is 0.381. The smallest absolute Gasteiger partial charge is 0.254 e. The molecule has 0 bridgehead atoms. The minimum absolute atomic E-state index is 0.0583. The van der Waals surface area contributed by atoms with Crippen molar-refractivity contribution < 1.29 is 4.79 Å². The maximum absolute atomic E-state index is 12.3. The molecule has 0 aromatic carbocycles. The maximum Gasteiger partial charge on any atom is 0.254 e. The van der Waals surface area contributed by atoms with Crippen LogP contribution in [0, 0.1) is 12.3 Å². The van der Waals surface area contributed by atoms with E-state index in [1.54, 1.807) is 12.1 Å². The van der Waals surface area contributed by atoms with Crippen molar-refractivity contribution in [2.24, 2.45) is 5.41 Å². The molecule has 0 spiro atoms. The summed E-state index contributed by atoms with van der Waals surface area (Å²) in [6.45, 7) is 7.85. The lowest BCUT2D eigenvalue weighted by Crippen LogP contribution is -2.30. The SMILES string of the molecule is Cc1cc(C(=O)N2CCC(C)(C)C2)cc(Cl)n1. The number of amides is 1. The van der Waals surface area contributed by atoms with Gasteiger partial charge < -0.3 is 4.90 Å². The standard InChI is InChI=1S/C13H17ClN2O/c1-9-6-10(7-11(14)15-9)12(17)16-5-4-13(2,3)8-16/h6-7H,4-5,8H2,1-3H3. The quantitative estimate of drug-likeness (QED) is 0.720. The van der Waals surface area contributed by atoms with Crippen LogP contribution in [-0.2, 0) is 0 Å². The number of pyridine rings is 1. The number of carbonyl (C=O) groups is 1. The van der Waals surface area contributed by atoms with Gasteiger partial charge in [0.2, 0.25) is 0 Å². The number of rotatable bonds is 1. The van der Waals surface area contributed by atoms with E-state index in [1.807, 2.05) is 11.8 Å². The Kier molecular flexibility index (Phi) is 3.13. The van der Waals surface area contributed by atoms with Gasteiger partial charge in [0.05, 0.1) is 0 Å². The average Bonchev–Trinajstić information content (AvgIpc) is 2.56. The van der Waals surface area contributed by atoms with Crippen LogP contribution >= 0.6 is 11.6 Å². The van der Waals surface area contributed by atoms with E-state index >= 15 is 0 Å². The molecule has 1 aliphatic heterocycles. The topological polar surface area (TPSA) is 33.2 Å². The molecule has 1 aromatic rings. The highest BCUT2D eigenvalue weighted by molar-refractivity contribution is 6.29. The molecule has 4 heteroatoms. The van der Waals surface area contributed by atoms with Crippen LogP contribution in [0.3, 0.4) is 0 Å². The molecule has 1 aromatic heterocycles. The molecule has 1 amide bonds. The van der Waals surface area contributed by atoms with Crippen molar-refractivity contribution in [2.45, 2.75) is 27.2 Å². The van der Waals surface area contributed by atoms with Gasteiger partial charge in [-0.25, -0.2) is 4.98 Å². The molecule has 0 aliphatic carbocycles. The summed E-state index contributed by atoms with van der Waals surface area (Å²) in [5.41, 5.74) is 1.64. The van der Waals surface area contributed by atoms with Crippen LogP contribution in [0.4, 0.5) is 0 Å². The van der Waals surface area contributed by atoms with Crippen molar-refractivity contribution >= 4 is 17.5 Å². The molecular weight excluding hydrogens is 236 g/mol. The third-order valence-electron chi connectivity index (χ3n) is 3.13. The highest BCUT2D eigenvalue weighted by Crippen LogP contribution is 2.29. The summed E-state index contributed by atoms with van der Waals surface area (Å²) < 4.78 is 0. The number of aromatic nitrogens is 1. The first-order valence-corrected chi connectivity index (χ1v) is 6.19. The molecule has 1 fully saturated rings. The van der Waals surface area contributed by atoms with Gasteiger partial charge in [-0.15, -0.1) is 0 Å². The fourth-order valence-electron chi connectivity index (χ4n) is 2.22. The van der Waals surface area contributed by atoms with E-state index in [2.05, 4.69) is 18.8 Å². The van der Waals surface area contributed by atoms with Crippen LogP contribution < -0.4 is 0 Å². The van der Waals surface area contributed by atoms with Crippen LogP contribution in [0.15, 0.2) is 12.1 Å². The second kappa shape index (κ2) is 4.30. The number of likely N-dealkylation sites (tertiary alicyclic amines) is 1. The minimum atomic E-state index is 0.0583. The van der Waals surface area contributed by atoms with Gasteiger partial charge in [-0.1, -0.05) is 25.4 Å². The molecule has 0 radical (unpaired) electrons. The summed E-state index contributed by atoms with van der Waals surface area (Å²) in [6.07, 6.45) is 1.05. The van der Waals surface area contributed by atoms with E-state index in [0.717, 1.165) is 25.2 Å². The van der Waals surface area contributed by atoms with Crippen molar-refractivity contribution in [1.82, 2.24) is 9.88 Å². The zero-order chi connectivity index (χ0) is 12.6. The Labute approximate surface area is 107 Å². The van der Waals surface area contributed by atoms with Gasteiger partial charge in [0.1, 0.15) is 5.15 Å². The predicted octanol–water partition coefficient (Wildman–Crippen LogP) is 2.92. The van der Waals surface area contributed by atoms with Crippen LogP contribution in [0.5, 0.6) is 0 Å². The van der Waals surface area contributed by atoms with Crippen molar-refractivity contribution in [2.75, 3.05) is 13.1 Å². The van der Waals surface area contributed by atoms with Crippen molar-refractivity contribution in [3.63, 3.8) is 0 Å². The van der Waals surface area contributed by atoms with Gasteiger partial charge >= 0.3 is 0 Å². The molecule has 0 unspecified atom stereocenters. The first-order chi connectivity index (χ1) is 7.87. The second-order valence-electron chi connectivity index (χ2n) is 5.46. The Hall–Kier alpha value is -1.09. The third-order valence-corrected chi connectivity index (χ3v) is 3.33. The monoisotopic (exact) mass is 252 g/mol. The number of hydrogen-bond donors (Lipinski definition) is 0. The summed E-state index contributed by atoms with van der Waals surface area (Å²) in [7, 11) is 0. The van der Waals surface area contributed by atoms with E-state index in [-0.39, 0.29) is 11.3 Å². The number of carbonyl (C=O) groups excluding carboxylic acids is 1. The number of hydrogen-bond acceptors (Lipinski definition) is 2. The number of aryl methyl sites for hydroxylation is 1. The highest BCUT2D eigenvalue weighted by atomic mass is 35.5. The molecule has 0 N–H and O–H groups in total. The Morgan fingerprint density at radius 1 is 1.47 bits per heavy atom. The van der Waals surface area contributed by atoms with Gasteiger partial charge in [0.25, 0.3) is 5.91 Å². The fourth-order valence-corrected chi connectivity index (χ4v) is 2.47. The maximum atomic E-state index is 12.3. The Morgan fingerprint density at radius 2 is 2.18 bits per heavy atom. The van der Waals surface area contributed by atoms with Crippen molar-refractivity contribution in [3.8, 4) is 0 Å². The molecule has 2 heterocycles. The molecule has 3 nitrogen and oxygen atoms in total. The lowest BCUT2D eigenvalue weighted by molar-refractivity contribution is 0.0778. The minimum Gasteiger partial charge on any atom is -0.338 e. The Bertz CT molecular complexity index is 436. The lowest BCUT2D eigenvalue weighted by Gasteiger charge is -2.20. The summed E-state index contributed by atoms with van der Waals surface area (Å²) >= 11 is 5.88. The molecule has 0 atom stereocenters. The molecule has 1 saturated heterocycles. The van der Waals surface area contributed by atoms with E-state index in [1.165, 1.54) is 0 Å². The largest absolute Gasteiger partial charge is 0.338 e.